The highest BCUT2D eigenvalue weighted by Gasteiger charge is 2.15. The zero-order valence-corrected chi connectivity index (χ0v) is 19.0. The molecule has 0 N–H and O–H groups in total. The van der Waals surface area contributed by atoms with Crippen molar-refractivity contribution < 1.29 is 14.3 Å². The molecular formula is C29H29NO3. The summed E-state index contributed by atoms with van der Waals surface area (Å²) in [6, 6.07) is 24.5. The van der Waals surface area contributed by atoms with Gasteiger partial charge in [0.1, 0.15) is 18.1 Å². The highest BCUT2D eigenvalue weighted by molar-refractivity contribution is 5.72. The van der Waals surface area contributed by atoms with Crippen molar-refractivity contribution in [2.24, 2.45) is 0 Å². The third-order valence-corrected chi connectivity index (χ3v) is 5.73. The minimum atomic E-state index is -0.278. The van der Waals surface area contributed by atoms with E-state index in [9.17, 15) is 4.79 Å². The van der Waals surface area contributed by atoms with Crippen molar-refractivity contribution in [3.05, 3.63) is 95.1 Å². The van der Waals surface area contributed by atoms with Crippen LogP contribution in [0.5, 0.6) is 11.5 Å². The predicted octanol–water partition coefficient (Wildman–Crippen LogP) is 5.53. The van der Waals surface area contributed by atoms with Gasteiger partial charge in [0.25, 0.3) is 0 Å². The van der Waals surface area contributed by atoms with Gasteiger partial charge in [-0.2, -0.15) is 0 Å². The quantitative estimate of drug-likeness (QED) is 0.263. The molecular weight excluding hydrogens is 410 g/mol. The molecule has 4 nitrogen and oxygen atoms in total. The number of benzene rings is 3. The number of fused-ring (bicyclic) bond motifs is 1. The number of nitrogens with zero attached hydrogens (tertiary/aromatic N) is 1. The third kappa shape index (κ3) is 6.71. The summed E-state index contributed by atoms with van der Waals surface area (Å²) in [7, 11) is 0. The molecule has 0 bridgehead atoms. The summed E-state index contributed by atoms with van der Waals surface area (Å²) in [4.78, 5) is 14.3. The SMILES string of the molecule is CC#CCCC(=O)Oc1ccc(OCc2ccc(CN3CCc4ccccc4C3)cc2)cc1. The molecule has 3 aromatic carbocycles. The molecule has 168 valence electrons. The lowest BCUT2D eigenvalue weighted by Crippen LogP contribution is -2.29. The lowest BCUT2D eigenvalue weighted by Gasteiger charge is -2.28. The first-order chi connectivity index (χ1) is 16.2. The van der Waals surface area contributed by atoms with E-state index in [1.807, 2.05) is 12.1 Å². The molecule has 0 saturated carbocycles. The summed E-state index contributed by atoms with van der Waals surface area (Å²) >= 11 is 0. The normalized spacial score (nSPS) is 12.9. The highest BCUT2D eigenvalue weighted by Crippen LogP contribution is 2.22. The van der Waals surface area contributed by atoms with E-state index in [0.717, 1.165) is 37.4 Å². The van der Waals surface area contributed by atoms with E-state index in [4.69, 9.17) is 9.47 Å². The van der Waals surface area contributed by atoms with Crippen LogP contribution < -0.4 is 9.47 Å². The fraction of sp³-hybridized carbons (Fsp3) is 0.276. The largest absolute Gasteiger partial charge is 0.489 e. The lowest BCUT2D eigenvalue weighted by atomic mass is 9.99. The number of hydrogen-bond donors (Lipinski definition) is 0. The van der Waals surface area contributed by atoms with Gasteiger partial charge in [0.2, 0.25) is 0 Å². The van der Waals surface area contributed by atoms with Crippen LogP contribution in [-0.4, -0.2) is 17.4 Å². The number of ether oxygens (including phenoxy) is 2. The summed E-state index contributed by atoms with van der Waals surface area (Å²) in [5, 5.41) is 0. The molecule has 0 amide bonds. The Kier molecular flexibility index (Phi) is 7.79. The summed E-state index contributed by atoms with van der Waals surface area (Å²) in [6.07, 6.45) is 1.93. The van der Waals surface area contributed by atoms with Crippen molar-refractivity contribution in [1.29, 1.82) is 0 Å². The Bertz CT molecular complexity index is 1120. The van der Waals surface area contributed by atoms with Crippen molar-refractivity contribution in [2.75, 3.05) is 6.54 Å². The van der Waals surface area contributed by atoms with Crippen LogP contribution in [0.4, 0.5) is 0 Å². The summed E-state index contributed by atoms with van der Waals surface area (Å²) in [6.45, 7) is 5.32. The summed E-state index contributed by atoms with van der Waals surface area (Å²) in [5.41, 5.74) is 5.36. The molecule has 4 rings (SSSR count). The second kappa shape index (κ2) is 11.4. The third-order valence-electron chi connectivity index (χ3n) is 5.73. The fourth-order valence-corrected chi connectivity index (χ4v) is 3.93. The van der Waals surface area contributed by atoms with Gasteiger partial charge in [-0.3, -0.25) is 9.69 Å². The highest BCUT2D eigenvalue weighted by atomic mass is 16.5. The number of carbonyl (C=O) groups excluding carboxylic acids is 1. The van der Waals surface area contributed by atoms with E-state index in [1.54, 1.807) is 19.1 Å². The van der Waals surface area contributed by atoms with Gasteiger partial charge in [0, 0.05) is 26.1 Å². The van der Waals surface area contributed by atoms with Crippen LogP contribution in [0, 0.1) is 11.8 Å². The first-order valence-electron chi connectivity index (χ1n) is 11.4. The van der Waals surface area contributed by atoms with Crippen LogP contribution in [-0.2, 0) is 30.9 Å². The molecule has 0 radical (unpaired) electrons. The molecule has 0 aromatic heterocycles. The topological polar surface area (TPSA) is 38.8 Å². The average Bonchev–Trinajstić information content (AvgIpc) is 2.85. The van der Waals surface area contributed by atoms with Crippen LogP contribution >= 0.6 is 0 Å². The molecule has 3 aromatic rings. The molecule has 0 atom stereocenters. The van der Waals surface area contributed by atoms with E-state index in [1.165, 1.54) is 16.7 Å². The smallest absolute Gasteiger partial charge is 0.312 e. The Hall–Kier alpha value is -3.55. The van der Waals surface area contributed by atoms with Gasteiger partial charge >= 0.3 is 5.97 Å². The van der Waals surface area contributed by atoms with Gasteiger partial charge in [-0.1, -0.05) is 48.5 Å². The summed E-state index contributed by atoms with van der Waals surface area (Å²) in [5.74, 6) is 6.61. The molecule has 33 heavy (non-hydrogen) atoms. The van der Waals surface area contributed by atoms with Crippen molar-refractivity contribution in [1.82, 2.24) is 4.90 Å². The van der Waals surface area contributed by atoms with Crippen molar-refractivity contribution in [3.63, 3.8) is 0 Å². The van der Waals surface area contributed by atoms with Gasteiger partial charge in [0.15, 0.2) is 0 Å². The van der Waals surface area contributed by atoms with Gasteiger partial charge < -0.3 is 9.47 Å². The Labute approximate surface area is 196 Å². The fourth-order valence-electron chi connectivity index (χ4n) is 3.93. The maximum atomic E-state index is 11.8. The van der Waals surface area contributed by atoms with Crippen LogP contribution in [0.25, 0.3) is 0 Å². The van der Waals surface area contributed by atoms with Crippen LogP contribution in [0.1, 0.15) is 42.0 Å². The molecule has 4 heteroatoms. The van der Waals surface area contributed by atoms with E-state index < -0.39 is 0 Å². The Morgan fingerprint density at radius 1 is 0.909 bits per heavy atom. The number of hydrogen-bond acceptors (Lipinski definition) is 4. The number of carbonyl (C=O) groups is 1. The average molecular weight is 440 g/mol. The maximum absolute atomic E-state index is 11.8. The maximum Gasteiger partial charge on any atom is 0.312 e. The molecule has 0 saturated heterocycles. The summed E-state index contributed by atoms with van der Waals surface area (Å²) < 4.78 is 11.2. The Balaban J connectivity index is 1.23. The number of rotatable bonds is 8. The first-order valence-corrected chi connectivity index (χ1v) is 11.4. The van der Waals surface area contributed by atoms with Crippen LogP contribution in [0.15, 0.2) is 72.8 Å². The van der Waals surface area contributed by atoms with Crippen molar-refractivity contribution >= 4 is 5.97 Å². The Morgan fingerprint density at radius 2 is 1.61 bits per heavy atom. The molecule has 0 unspecified atom stereocenters. The van der Waals surface area contributed by atoms with Crippen LogP contribution in [0.2, 0.25) is 0 Å². The molecule has 1 heterocycles. The molecule has 1 aliphatic heterocycles. The molecule has 1 aliphatic rings. The predicted molar refractivity (Wildman–Crippen MR) is 130 cm³/mol. The molecule has 0 fully saturated rings. The zero-order chi connectivity index (χ0) is 22.9. The van der Waals surface area contributed by atoms with E-state index in [2.05, 4.69) is 65.3 Å². The lowest BCUT2D eigenvalue weighted by molar-refractivity contribution is -0.134. The second-order valence-corrected chi connectivity index (χ2v) is 8.21. The minimum absolute atomic E-state index is 0.278. The van der Waals surface area contributed by atoms with E-state index >= 15 is 0 Å². The van der Waals surface area contributed by atoms with Crippen molar-refractivity contribution in [2.45, 2.75) is 45.9 Å². The Morgan fingerprint density at radius 3 is 2.36 bits per heavy atom. The molecule has 0 aliphatic carbocycles. The standard InChI is InChI=1S/C29H29NO3/c1-2-3-4-9-29(31)33-28-16-14-27(15-17-28)32-22-24-12-10-23(11-13-24)20-30-19-18-25-7-5-6-8-26(25)21-30/h5-8,10-17H,4,9,18-22H2,1H3. The van der Waals surface area contributed by atoms with Gasteiger partial charge in [-0.05, 0) is 59.9 Å². The zero-order valence-electron chi connectivity index (χ0n) is 19.0. The van der Waals surface area contributed by atoms with Gasteiger partial charge in [-0.25, -0.2) is 0 Å². The number of esters is 1. The van der Waals surface area contributed by atoms with E-state index in [-0.39, 0.29) is 5.97 Å². The first kappa shape index (κ1) is 22.6. The second-order valence-electron chi connectivity index (χ2n) is 8.21. The minimum Gasteiger partial charge on any atom is -0.489 e. The molecule has 0 spiro atoms. The van der Waals surface area contributed by atoms with Crippen LogP contribution in [0.3, 0.4) is 0 Å². The van der Waals surface area contributed by atoms with Gasteiger partial charge in [0.05, 0.1) is 6.42 Å². The van der Waals surface area contributed by atoms with Gasteiger partial charge in [-0.15, -0.1) is 11.8 Å². The van der Waals surface area contributed by atoms with Crippen molar-refractivity contribution in [3.8, 4) is 23.3 Å². The monoisotopic (exact) mass is 439 g/mol. The van der Waals surface area contributed by atoms with E-state index in [0.29, 0.717) is 25.2 Å².